The quantitative estimate of drug-likeness (QED) is 0.736. The SMILES string of the molecule is Cc1ccc([C@@H](C)NC(=O)N(CCO)CCO)c(C)c1. The van der Waals surface area contributed by atoms with Crippen LogP contribution in [0, 0.1) is 13.8 Å². The fourth-order valence-corrected chi connectivity index (χ4v) is 2.22. The van der Waals surface area contributed by atoms with Gasteiger partial charge in [-0.15, -0.1) is 0 Å². The van der Waals surface area contributed by atoms with Gasteiger partial charge in [0.15, 0.2) is 0 Å². The van der Waals surface area contributed by atoms with Gasteiger partial charge < -0.3 is 20.4 Å². The van der Waals surface area contributed by atoms with Crippen LogP contribution < -0.4 is 5.32 Å². The van der Waals surface area contributed by atoms with Crippen LogP contribution in [0.4, 0.5) is 4.79 Å². The minimum Gasteiger partial charge on any atom is -0.395 e. The molecule has 0 aliphatic heterocycles. The molecule has 0 saturated heterocycles. The molecule has 0 radical (unpaired) electrons. The van der Waals surface area contributed by atoms with E-state index in [-0.39, 0.29) is 38.4 Å². The van der Waals surface area contributed by atoms with Gasteiger partial charge in [-0.3, -0.25) is 0 Å². The number of rotatable bonds is 6. The molecule has 0 saturated carbocycles. The van der Waals surface area contributed by atoms with Crippen molar-refractivity contribution in [1.29, 1.82) is 0 Å². The largest absolute Gasteiger partial charge is 0.395 e. The summed E-state index contributed by atoms with van der Waals surface area (Å²) in [5.74, 6) is 0. The van der Waals surface area contributed by atoms with E-state index in [4.69, 9.17) is 10.2 Å². The monoisotopic (exact) mass is 280 g/mol. The lowest BCUT2D eigenvalue weighted by Crippen LogP contribution is -2.43. The zero-order valence-electron chi connectivity index (χ0n) is 12.4. The third kappa shape index (κ3) is 4.51. The molecule has 0 aliphatic carbocycles. The van der Waals surface area contributed by atoms with Gasteiger partial charge >= 0.3 is 6.03 Å². The van der Waals surface area contributed by atoms with E-state index >= 15 is 0 Å². The van der Waals surface area contributed by atoms with Crippen LogP contribution in [-0.2, 0) is 0 Å². The molecule has 5 nitrogen and oxygen atoms in total. The predicted molar refractivity (Wildman–Crippen MR) is 78.6 cm³/mol. The Balaban J connectivity index is 2.72. The molecule has 0 aromatic heterocycles. The van der Waals surface area contributed by atoms with Crippen LogP contribution in [0.5, 0.6) is 0 Å². The zero-order valence-corrected chi connectivity index (χ0v) is 12.4. The molecule has 1 atom stereocenters. The highest BCUT2D eigenvalue weighted by molar-refractivity contribution is 5.74. The smallest absolute Gasteiger partial charge is 0.318 e. The first-order chi connectivity index (χ1) is 9.49. The number of aliphatic hydroxyl groups is 2. The summed E-state index contributed by atoms with van der Waals surface area (Å²) in [4.78, 5) is 13.5. The Morgan fingerprint density at radius 2 is 1.85 bits per heavy atom. The Labute approximate surface area is 120 Å². The lowest BCUT2D eigenvalue weighted by molar-refractivity contribution is 0.156. The van der Waals surface area contributed by atoms with Crippen LogP contribution in [-0.4, -0.2) is 47.4 Å². The number of aryl methyl sites for hydroxylation is 2. The molecular formula is C15H24N2O3. The van der Waals surface area contributed by atoms with E-state index in [1.54, 1.807) is 0 Å². The third-order valence-corrected chi connectivity index (χ3v) is 3.26. The number of amides is 2. The second-order valence-corrected chi connectivity index (χ2v) is 4.97. The number of aliphatic hydroxyl groups excluding tert-OH is 2. The molecule has 1 rings (SSSR count). The van der Waals surface area contributed by atoms with E-state index in [1.807, 2.05) is 32.9 Å². The Morgan fingerprint density at radius 3 is 2.35 bits per heavy atom. The highest BCUT2D eigenvalue weighted by Gasteiger charge is 2.16. The number of nitrogens with zero attached hydrogens (tertiary/aromatic N) is 1. The Hall–Kier alpha value is -1.59. The van der Waals surface area contributed by atoms with Gasteiger partial charge in [-0.1, -0.05) is 23.8 Å². The fraction of sp³-hybridized carbons (Fsp3) is 0.533. The summed E-state index contributed by atoms with van der Waals surface area (Å²) in [6.45, 7) is 6.16. The molecule has 0 spiro atoms. The number of benzene rings is 1. The average molecular weight is 280 g/mol. The van der Waals surface area contributed by atoms with Crippen LogP contribution in [0.2, 0.25) is 0 Å². The second kappa shape index (κ2) is 7.87. The van der Waals surface area contributed by atoms with Crippen LogP contribution in [0.1, 0.15) is 29.7 Å². The topological polar surface area (TPSA) is 72.8 Å². The number of carbonyl (C=O) groups is 1. The van der Waals surface area contributed by atoms with E-state index in [1.165, 1.54) is 10.5 Å². The summed E-state index contributed by atoms with van der Waals surface area (Å²) in [7, 11) is 0. The van der Waals surface area contributed by atoms with Crippen molar-refractivity contribution in [2.45, 2.75) is 26.8 Å². The van der Waals surface area contributed by atoms with Crippen molar-refractivity contribution in [1.82, 2.24) is 10.2 Å². The maximum absolute atomic E-state index is 12.1. The molecule has 0 aliphatic rings. The van der Waals surface area contributed by atoms with Crippen molar-refractivity contribution < 1.29 is 15.0 Å². The molecule has 1 aromatic rings. The van der Waals surface area contributed by atoms with E-state index < -0.39 is 0 Å². The normalized spacial score (nSPS) is 12.1. The molecule has 20 heavy (non-hydrogen) atoms. The lowest BCUT2D eigenvalue weighted by Gasteiger charge is -2.24. The molecule has 0 fully saturated rings. The van der Waals surface area contributed by atoms with Gasteiger partial charge in [0.05, 0.1) is 19.3 Å². The molecular weight excluding hydrogens is 256 g/mol. The number of carbonyl (C=O) groups excluding carboxylic acids is 1. The van der Waals surface area contributed by atoms with Gasteiger partial charge in [0, 0.05) is 13.1 Å². The summed E-state index contributed by atoms with van der Waals surface area (Å²) in [6.07, 6.45) is 0. The molecule has 0 heterocycles. The minimum atomic E-state index is -0.277. The van der Waals surface area contributed by atoms with E-state index in [9.17, 15) is 4.79 Å². The molecule has 112 valence electrons. The van der Waals surface area contributed by atoms with E-state index in [2.05, 4.69) is 11.4 Å². The Morgan fingerprint density at radius 1 is 1.25 bits per heavy atom. The summed E-state index contributed by atoms with van der Waals surface area (Å²) < 4.78 is 0. The summed E-state index contributed by atoms with van der Waals surface area (Å²) >= 11 is 0. The molecule has 2 amide bonds. The van der Waals surface area contributed by atoms with E-state index in [0.29, 0.717) is 0 Å². The van der Waals surface area contributed by atoms with Crippen LogP contribution >= 0.6 is 0 Å². The second-order valence-electron chi connectivity index (χ2n) is 4.97. The van der Waals surface area contributed by atoms with Gasteiger partial charge in [-0.25, -0.2) is 4.79 Å². The number of nitrogens with one attached hydrogen (secondary N) is 1. The van der Waals surface area contributed by atoms with Crippen molar-refractivity contribution in [2.75, 3.05) is 26.3 Å². The summed E-state index contributed by atoms with van der Waals surface area (Å²) in [5.41, 5.74) is 3.39. The molecule has 0 unspecified atom stereocenters. The van der Waals surface area contributed by atoms with Crippen molar-refractivity contribution >= 4 is 6.03 Å². The zero-order chi connectivity index (χ0) is 15.1. The molecule has 0 bridgehead atoms. The average Bonchev–Trinajstić information content (AvgIpc) is 2.38. The summed E-state index contributed by atoms with van der Waals surface area (Å²) in [5, 5.41) is 20.8. The van der Waals surface area contributed by atoms with Gasteiger partial charge in [0.1, 0.15) is 0 Å². The highest BCUT2D eigenvalue weighted by Crippen LogP contribution is 2.18. The van der Waals surface area contributed by atoms with Crippen molar-refractivity contribution in [3.8, 4) is 0 Å². The van der Waals surface area contributed by atoms with Gasteiger partial charge in [0.2, 0.25) is 0 Å². The molecule has 1 aromatic carbocycles. The number of hydrogen-bond donors (Lipinski definition) is 3. The maximum atomic E-state index is 12.1. The third-order valence-electron chi connectivity index (χ3n) is 3.26. The van der Waals surface area contributed by atoms with Crippen LogP contribution in [0.3, 0.4) is 0 Å². The van der Waals surface area contributed by atoms with Gasteiger partial charge in [0.25, 0.3) is 0 Å². The Kier molecular flexibility index (Phi) is 6.48. The van der Waals surface area contributed by atoms with Crippen molar-refractivity contribution in [3.05, 3.63) is 34.9 Å². The fourth-order valence-electron chi connectivity index (χ4n) is 2.22. The maximum Gasteiger partial charge on any atom is 0.318 e. The molecule has 3 N–H and O–H groups in total. The van der Waals surface area contributed by atoms with Gasteiger partial charge in [-0.2, -0.15) is 0 Å². The van der Waals surface area contributed by atoms with Crippen molar-refractivity contribution in [3.63, 3.8) is 0 Å². The van der Waals surface area contributed by atoms with Crippen LogP contribution in [0.15, 0.2) is 18.2 Å². The number of urea groups is 1. The Bertz CT molecular complexity index is 443. The first kappa shape index (κ1) is 16.5. The first-order valence-electron chi connectivity index (χ1n) is 6.84. The summed E-state index contributed by atoms with van der Waals surface area (Å²) in [6, 6.07) is 5.71. The first-order valence-corrected chi connectivity index (χ1v) is 6.84. The van der Waals surface area contributed by atoms with Crippen LogP contribution in [0.25, 0.3) is 0 Å². The van der Waals surface area contributed by atoms with Crippen molar-refractivity contribution in [2.24, 2.45) is 0 Å². The predicted octanol–water partition coefficient (Wildman–Crippen LogP) is 1.36. The lowest BCUT2D eigenvalue weighted by atomic mass is 10.0. The van der Waals surface area contributed by atoms with Gasteiger partial charge in [-0.05, 0) is 31.9 Å². The molecule has 5 heteroatoms. The number of hydrogen-bond acceptors (Lipinski definition) is 3. The standard InChI is InChI=1S/C15H24N2O3/c1-11-4-5-14(12(2)10-11)13(3)16-15(20)17(6-8-18)7-9-19/h4-5,10,13,18-19H,6-9H2,1-3H3,(H,16,20)/t13-/m1/s1. The minimum absolute atomic E-state index is 0.120. The highest BCUT2D eigenvalue weighted by atomic mass is 16.3. The van der Waals surface area contributed by atoms with E-state index in [0.717, 1.165) is 11.1 Å².